The van der Waals surface area contributed by atoms with Gasteiger partial charge in [0.05, 0.1) is 0 Å². The smallest absolute Gasteiger partial charge is 0.220 e. The van der Waals surface area contributed by atoms with Crippen LogP contribution in [0.4, 0.5) is 0 Å². The highest BCUT2D eigenvalue weighted by atomic mass is 35.5. The van der Waals surface area contributed by atoms with Crippen molar-refractivity contribution in [2.24, 2.45) is 5.92 Å². The quantitative estimate of drug-likeness (QED) is 0.783. The van der Waals surface area contributed by atoms with Crippen LogP contribution in [-0.4, -0.2) is 24.5 Å². The molecule has 0 spiro atoms. The van der Waals surface area contributed by atoms with Gasteiger partial charge < -0.3 is 10.6 Å². The maximum absolute atomic E-state index is 11.6. The molecule has 0 aromatic heterocycles. The minimum absolute atomic E-state index is 0. The summed E-state index contributed by atoms with van der Waals surface area (Å²) >= 11 is 0. The molecule has 96 valence electrons. The van der Waals surface area contributed by atoms with Gasteiger partial charge in [0.1, 0.15) is 0 Å². The summed E-state index contributed by atoms with van der Waals surface area (Å²) in [6.45, 7) is 7.44. The fourth-order valence-electron chi connectivity index (χ4n) is 1.80. The van der Waals surface area contributed by atoms with Crippen molar-refractivity contribution >= 4 is 18.3 Å². The zero-order chi connectivity index (χ0) is 11.3. The molecule has 0 radical (unpaired) electrons. The zero-order valence-corrected chi connectivity index (χ0v) is 11.4. The van der Waals surface area contributed by atoms with Crippen molar-refractivity contribution in [1.82, 2.24) is 10.6 Å². The maximum atomic E-state index is 11.6. The highest BCUT2D eigenvalue weighted by Gasteiger charge is 2.16. The molecule has 0 aliphatic carbocycles. The highest BCUT2D eigenvalue weighted by molar-refractivity contribution is 5.85. The Morgan fingerprint density at radius 3 is 2.62 bits per heavy atom. The summed E-state index contributed by atoms with van der Waals surface area (Å²) in [4.78, 5) is 11.6. The first-order valence-electron chi connectivity index (χ1n) is 6.12. The summed E-state index contributed by atoms with van der Waals surface area (Å²) in [5, 5.41) is 6.44. The third kappa shape index (κ3) is 5.71. The molecule has 16 heavy (non-hydrogen) atoms. The molecule has 3 nitrogen and oxygen atoms in total. The van der Waals surface area contributed by atoms with Crippen molar-refractivity contribution in [2.45, 2.75) is 58.5 Å². The molecule has 2 atom stereocenters. The van der Waals surface area contributed by atoms with Crippen LogP contribution in [0.1, 0.15) is 46.5 Å². The van der Waals surface area contributed by atoms with E-state index in [0.717, 1.165) is 13.0 Å². The molecule has 2 N–H and O–H groups in total. The van der Waals surface area contributed by atoms with Crippen LogP contribution in [-0.2, 0) is 4.79 Å². The minimum atomic E-state index is 0. The van der Waals surface area contributed by atoms with Crippen LogP contribution in [0.25, 0.3) is 0 Å². The molecule has 1 aliphatic heterocycles. The van der Waals surface area contributed by atoms with Gasteiger partial charge in [0.15, 0.2) is 0 Å². The summed E-state index contributed by atoms with van der Waals surface area (Å²) in [5.41, 5.74) is 0. The normalized spacial score (nSPS) is 21.6. The van der Waals surface area contributed by atoms with Crippen LogP contribution in [0.2, 0.25) is 0 Å². The second-order valence-corrected chi connectivity index (χ2v) is 4.93. The van der Waals surface area contributed by atoms with Gasteiger partial charge in [0.2, 0.25) is 5.91 Å². The number of hydrogen-bond donors (Lipinski definition) is 2. The van der Waals surface area contributed by atoms with Crippen molar-refractivity contribution in [2.75, 3.05) is 6.54 Å². The van der Waals surface area contributed by atoms with E-state index in [9.17, 15) is 4.79 Å². The number of rotatable bonds is 5. The maximum Gasteiger partial charge on any atom is 0.220 e. The van der Waals surface area contributed by atoms with Crippen molar-refractivity contribution in [3.8, 4) is 0 Å². The van der Waals surface area contributed by atoms with Crippen LogP contribution in [0.5, 0.6) is 0 Å². The molecule has 1 rings (SSSR count). The van der Waals surface area contributed by atoms with Crippen LogP contribution in [0, 0.1) is 5.92 Å². The standard InChI is InChI=1S/C12H24N2O.ClH/c1-9(2)10(3)14-12(15)7-6-11-5-4-8-13-11;/h9-11,13H,4-8H2,1-3H3,(H,14,15);1H. The van der Waals surface area contributed by atoms with Gasteiger partial charge in [-0.2, -0.15) is 0 Å². The number of nitrogens with one attached hydrogen (secondary N) is 2. The third-order valence-electron chi connectivity index (χ3n) is 3.27. The molecule has 4 heteroatoms. The Hall–Kier alpha value is -0.280. The van der Waals surface area contributed by atoms with Gasteiger partial charge in [-0.25, -0.2) is 0 Å². The Morgan fingerprint density at radius 1 is 1.44 bits per heavy atom. The second kappa shape index (κ2) is 7.91. The Bertz CT molecular complexity index is 203. The van der Waals surface area contributed by atoms with Gasteiger partial charge in [-0.1, -0.05) is 13.8 Å². The molecule has 0 saturated carbocycles. The fraction of sp³-hybridized carbons (Fsp3) is 0.917. The first-order valence-corrected chi connectivity index (χ1v) is 6.12. The van der Waals surface area contributed by atoms with E-state index in [4.69, 9.17) is 0 Å². The van der Waals surface area contributed by atoms with E-state index in [1.165, 1.54) is 12.8 Å². The van der Waals surface area contributed by atoms with E-state index in [2.05, 4.69) is 31.4 Å². The lowest BCUT2D eigenvalue weighted by molar-refractivity contribution is -0.122. The average Bonchev–Trinajstić information content (AvgIpc) is 2.66. The predicted molar refractivity (Wildman–Crippen MR) is 69.9 cm³/mol. The van der Waals surface area contributed by atoms with Gasteiger partial charge in [-0.3, -0.25) is 4.79 Å². The van der Waals surface area contributed by atoms with Crippen molar-refractivity contribution in [3.05, 3.63) is 0 Å². The van der Waals surface area contributed by atoms with Crippen LogP contribution < -0.4 is 10.6 Å². The van der Waals surface area contributed by atoms with E-state index < -0.39 is 0 Å². The van der Waals surface area contributed by atoms with Gasteiger partial charge in [0.25, 0.3) is 0 Å². The van der Waals surface area contributed by atoms with E-state index in [-0.39, 0.29) is 24.4 Å². The lowest BCUT2D eigenvalue weighted by Gasteiger charge is -2.18. The molecule has 1 aliphatic rings. The van der Waals surface area contributed by atoms with E-state index in [0.29, 0.717) is 18.4 Å². The van der Waals surface area contributed by atoms with Crippen molar-refractivity contribution < 1.29 is 4.79 Å². The molecule has 0 aromatic carbocycles. The number of halogens is 1. The fourth-order valence-corrected chi connectivity index (χ4v) is 1.80. The Balaban J connectivity index is 0.00000225. The summed E-state index contributed by atoms with van der Waals surface area (Å²) < 4.78 is 0. The summed E-state index contributed by atoms with van der Waals surface area (Å²) in [6.07, 6.45) is 4.13. The molecule has 0 aromatic rings. The Labute approximate surface area is 105 Å². The number of carbonyl (C=O) groups is 1. The summed E-state index contributed by atoms with van der Waals surface area (Å²) in [6, 6.07) is 0.860. The average molecular weight is 249 g/mol. The van der Waals surface area contributed by atoms with Crippen LogP contribution in [0.3, 0.4) is 0 Å². The second-order valence-electron chi connectivity index (χ2n) is 4.93. The van der Waals surface area contributed by atoms with Gasteiger partial charge in [-0.15, -0.1) is 12.4 Å². The predicted octanol–water partition coefficient (Wildman–Crippen LogP) is 2.10. The number of amides is 1. The topological polar surface area (TPSA) is 41.1 Å². The first kappa shape index (κ1) is 15.7. The van der Waals surface area contributed by atoms with Gasteiger partial charge in [-0.05, 0) is 38.6 Å². The number of carbonyl (C=O) groups excluding carboxylic acids is 1. The molecule has 2 unspecified atom stereocenters. The summed E-state index contributed by atoms with van der Waals surface area (Å²) in [5.74, 6) is 0.712. The molecule has 1 fully saturated rings. The largest absolute Gasteiger partial charge is 0.353 e. The highest BCUT2D eigenvalue weighted by Crippen LogP contribution is 2.10. The van der Waals surface area contributed by atoms with Crippen LogP contribution >= 0.6 is 12.4 Å². The molecular formula is C12H25ClN2O. The van der Waals surface area contributed by atoms with Gasteiger partial charge in [0, 0.05) is 18.5 Å². The van der Waals surface area contributed by atoms with Crippen molar-refractivity contribution in [1.29, 1.82) is 0 Å². The molecule has 0 bridgehead atoms. The van der Waals surface area contributed by atoms with Crippen LogP contribution in [0.15, 0.2) is 0 Å². The lowest BCUT2D eigenvalue weighted by Crippen LogP contribution is -2.36. The molecular weight excluding hydrogens is 224 g/mol. The SMILES string of the molecule is CC(C)C(C)NC(=O)CCC1CCCN1.Cl. The minimum Gasteiger partial charge on any atom is -0.353 e. The van der Waals surface area contributed by atoms with Crippen molar-refractivity contribution in [3.63, 3.8) is 0 Å². The van der Waals surface area contributed by atoms with E-state index in [1.807, 2.05) is 0 Å². The number of hydrogen-bond acceptors (Lipinski definition) is 2. The molecule has 1 heterocycles. The molecule has 1 amide bonds. The lowest BCUT2D eigenvalue weighted by atomic mass is 10.1. The van der Waals surface area contributed by atoms with E-state index in [1.54, 1.807) is 0 Å². The Kier molecular flexibility index (Phi) is 7.77. The molecule has 1 saturated heterocycles. The monoisotopic (exact) mass is 248 g/mol. The third-order valence-corrected chi connectivity index (χ3v) is 3.27. The van der Waals surface area contributed by atoms with E-state index >= 15 is 0 Å². The zero-order valence-electron chi connectivity index (χ0n) is 10.6. The first-order chi connectivity index (χ1) is 7.09. The Morgan fingerprint density at radius 2 is 2.12 bits per heavy atom. The van der Waals surface area contributed by atoms with Gasteiger partial charge >= 0.3 is 0 Å². The summed E-state index contributed by atoms with van der Waals surface area (Å²) in [7, 11) is 0.